The molecule has 2 N–H and O–H groups in total. The molecular formula is C14H28N2O2S3. The van der Waals surface area contributed by atoms with Crippen LogP contribution in [-0.2, 0) is 9.59 Å². The molecule has 0 rings (SSSR count). The largest absolute Gasteiger partial charge is 0.305 e. The van der Waals surface area contributed by atoms with Gasteiger partial charge in [-0.15, -0.1) is 11.7 Å². The molecule has 0 saturated carbocycles. The monoisotopic (exact) mass is 352 g/mol. The summed E-state index contributed by atoms with van der Waals surface area (Å²) in [6, 6.07) is 0.139. The lowest BCUT2D eigenvalue weighted by atomic mass is 10.1. The second-order valence-electron chi connectivity index (χ2n) is 5.52. The van der Waals surface area contributed by atoms with E-state index < -0.39 is 0 Å². The zero-order valence-corrected chi connectivity index (χ0v) is 16.0. The van der Waals surface area contributed by atoms with Crippen LogP contribution in [-0.4, -0.2) is 46.6 Å². The summed E-state index contributed by atoms with van der Waals surface area (Å²) in [5.74, 6) is 1.56. The van der Waals surface area contributed by atoms with E-state index in [2.05, 4.69) is 22.3 Å². The van der Waals surface area contributed by atoms with Crippen LogP contribution in [0.15, 0.2) is 0 Å². The lowest BCUT2D eigenvalue weighted by Gasteiger charge is -2.22. The average molecular weight is 353 g/mol. The molecule has 0 spiro atoms. The molecule has 0 amide bonds. The number of carbonyl (C=O) groups is 2. The highest BCUT2D eigenvalue weighted by atomic mass is 33.1. The number of hydrogen-bond donors (Lipinski definition) is 3. The van der Waals surface area contributed by atoms with Crippen LogP contribution < -0.4 is 10.6 Å². The van der Waals surface area contributed by atoms with Gasteiger partial charge in [0.05, 0.1) is 12.1 Å². The average Bonchev–Trinajstić information content (AvgIpc) is 2.42. The van der Waals surface area contributed by atoms with Gasteiger partial charge in [-0.3, -0.25) is 9.59 Å². The van der Waals surface area contributed by atoms with Crippen LogP contribution in [0.3, 0.4) is 0 Å². The first-order chi connectivity index (χ1) is 9.81. The fourth-order valence-electron chi connectivity index (χ4n) is 1.84. The van der Waals surface area contributed by atoms with Crippen LogP contribution in [0, 0.1) is 0 Å². The van der Waals surface area contributed by atoms with Crippen molar-refractivity contribution >= 4 is 45.1 Å². The summed E-state index contributed by atoms with van der Waals surface area (Å²) < 4.78 is 0. The molecule has 0 aliphatic carbocycles. The van der Waals surface area contributed by atoms with Crippen molar-refractivity contribution in [3.63, 3.8) is 0 Å². The van der Waals surface area contributed by atoms with E-state index in [1.807, 2.05) is 34.6 Å². The van der Waals surface area contributed by atoms with Gasteiger partial charge < -0.3 is 10.6 Å². The van der Waals surface area contributed by atoms with Crippen LogP contribution in [0.2, 0.25) is 0 Å². The zero-order chi connectivity index (χ0) is 16.4. The second kappa shape index (κ2) is 11.8. The molecule has 0 aliphatic rings. The Labute approximate surface area is 142 Å². The normalized spacial score (nSPS) is 14.5. The lowest BCUT2D eigenvalue weighted by Crippen LogP contribution is -2.44. The molecule has 0 aromatic heterocycles. The molecule has 21 heavy (non-hydrogen) atoms. The molecule has 0 radical (unpaired) electrons. The first-order valence-electron chi connectivity index (χ1n) is 7.29. The van der Waals surface area contributed by atoms with Gasteiger partial charge in [0.2, 0.25) is 5.12 Å². The van der Waals surface area contributed by atoms with Gasteiger partial charge in [-0.1, -0.05) is 34.6 Å². The van der Waals surface area contributed by atoms with Gasteiger partial charge in [-0.05, 0) is 10.8 Å². The summed E-state index contributed by atoms with van der Waals surface area (Å²) in [6.07, 6.45) is 0.532. The van der Waals surface area contributed by atoms with Crippen molar-refractivity contribution < 1.29 is 9.59 Å². The van der Waals surface area contributed by atoms with E-state index in [-0.39, 0.29) is 35.1 Å². The Bertz CT molecular complexity index is 295. The van der Waals surface area contributed by atoms with E-state index in [0.717, 1.165) is 10.8 Å². The molecular weight excluding hydrogens is 324 g/mol. The minimum absolute atomic E-state index is 0.0229. The van der Waals surface area contributed by atoms with Crippen molar-refractivity contribution in [3.8, 4) is 0 Å². The number of carbonyl (C=O) groups excluding carboxylic acids is 2. The van der Waals surface area contributed by atoms with E-state index in [1.54, 1.807) is 11.8 Å². The van der Waals surface area contributed by atoms with Gasteiger partial charge in [0.25, 0.3) is 0 Å². The van der Waals surface area contributed by atoms with Gasteiger partial charge in [0, 0.05) is 30.0 Å². The molecule has 124 valence electrons. The third-order valence-electron chi connectivity index (χ3n) is 2.75. The van der Waals surface area contributed by atoms with Crippen LogP contribution in [0.4, 0.5) is 0 Å². The topological polar surface area (TPSA) is 58.2 Å². The highest BCUT2D eigenvalue weighted by Gasteiger charge is 2.21. The van der Waals surface area contributed by atoms with E-state index >= 15 is 0 Å². The third kappa shape index (κ3) is 9.84. The van der Waals surface area contributed by atoms with Crippen molar-refractivity contribution in [1.29, 1.82) is 0 Å². The Hall–Kier alpha value is 0.310. The fraction of sp³-hybridized carbons (Fsp3) is 0.857. The Kier molecular flexibility index (Phi) is 12.0. The van der Waals surface area contributed by atoms with Crippen molar-refractivity contribution in [2.24, 2.45) is 0 Å². The van der Waals surface area contributed by atoms with Crippen molar-refractivity contribution in [3.05, 3.63) is 0 Å². The number of ketones is 1. The van der Waals surface area contributed by atoms with E-state index in [9.17, 15) is 9.59 Å². The summed E-state index contributed by atoms with van der Waals surface area (Å²) in [6.45, 7) is 9.97. The summed E-state index contributed by atoms with van der Waals surface area (Å²) >= 11 is 5.61. The van der Waals surface area contributed by atoms with E-state index in [4.69, 9.17) is 0 Å². The van der Waals surface area contributed by atoms with E-state index in [0.29, 0.717) is 17.9 Å². The highest BCUT2D eigenvalue weighted by molar-refractivity contribution is 8.74. The van der Waals surface area contributed by atoms with Gasteiger partial charge in [0.1, 0.15) is 5.78 Å². The molecule has 4 nitrogen and oxygen atoms in total. The lowest BCUT2D eigenvalue weighted by molar-refractivity contribution is -0.120. The number of nitrogens with one attached hydrogen (secondary N) is 2. The van der Waals surface area contributed by atoms with Gasteiger partial charge >= 0.3 is 0 Å². The number of thiol groups is 1. The van der Waals surface area contributed by atoms with Gasteiger partial charge in [-0.25, -0.2) is 0 Å². The molecule has 2 atom stereocenters. The molecule has 2 unspecified atom stereocenters. The van der Waals surface area contributed by atoms with Crippen LogP contribution >= 0.6 is 34.2 Å². The first-order valence-corrected chi connectivity index (χ1v) is 10.3. The number of rotatable bonds is 11. The Morgan fingerprint density at radius 3 is 1.90 bits per heavy atom. The Balaban J connectivity index is 4.42. The molecule has 0 bridgehead atoms. The van der Waals surface area contributed by atoms with Crippen LogP contribution in [0.5, 0.6) is 0 Å². The molecule has 0 aromatic carbocycles. The standard InChI is InChI=1S/C14H28N2O2S3/c1-6-13(17)11(15-9(2)3)7-20-8-12(14(18)21-19)16-10(4)5/h9-12,15-16,19H,6-8H2,1-5H3. The van der Waals surface area contributed by atoms with Crippen LogP contribution in [0.1, 0.15) is 41.0 Å². The summed E-state index contributed by atoms with van der Waals surface area (Å²) in [5.41, 5.74) is 0. The Morgan fingerprint density at radius 1 is 1.00 bits per heavy atom. The zero-order valence-electron chi connectivity index (χ0n) is 13.5. The molecule has 7 heteroatoms. The van der Waals surface area contributed by atoms with Crippen molar-refractivity contribution in [2.75, 3.05) is 11.5 Å². The summed E-state index contributed by atoms with van der Waals surface area (Å²) in [7, 11) is 0.952. The minimum atomic E-state index is -0.228. The third-order valence-corrected chi connectivity index (χ3v) is 4.89. The maximum absolute atomic E-state index is 11.9. The first kappa shape index (κ1) is 21.3. The maximum Gasteiger partial charge on any atom is 0.216 e. The number of Topliss-reactive ketones (excluding diaryl/α,β-unsaturated/α-hetero) is 1. The van der Waals surface area contributed by atoms with E-state index in [1.165, 1.54) is 0 Å². The molecule has 0 saturated heterocycles. The van der Waals surface area contributed by atoms with Gasteiger partial charge in [0.15, 0.2) is 0 Å². The number of thioether (sulfide) groups is 1. The van der Waals surface area contributed by atoms with Gasteiger partial charge in [-0.2, -0.15) is 11.8 Å². The smallest absolute Gasteiger partial charge is 0.216 e. The predicted molar refractivity (Wildman–Crippen MR) is 98.3 cm³/mol. The second-order valence-corrected chi connectivity index (χ2v) is 7.72. The summed E-state index contributed by atoms with van der Waals surface area (Å²) in [4.78, 5) is 23.7. The fourth-order valence-corrected chi connectivity index (χ4v) is 3.74. The van der Waals surface area contributed by atoms with Crippen molar-refractivity contribution in [2.45, 2.75) is 65.2 Å². The SMILES string of the molecule is CCC(=O)C(CSCC(NC(C)C)C(=O)SS)NC(C)C. The quantitative estimate of drug-likeness (QED) is 0.392. The Morgan fingerprint density at radius 2 is 1.48 bits per heavy atom. The highest BCUT2D eigenvalue weighted by Crippen LogP contribution is 2.15. The predicted octanol–water partition coefficient (Wildman–Crippen LogP) is 2.54. The molecule has 0 heterocycles. The van der Waals surface area contributed by atoms with Crippen LogP contribution in [0.25, 0.3) is 0 Å². The minimum Gasteiger partial charge on any atom is -0.305 e. The summed E-state index contributed by atoms with van der Waals surface area (Å²) in [5, 5.41) is 6.56. The van der Waals surface area contributed by atoms with Crippen molar-refractivity contribution in [1.82, 2.24) is 10.6 Å². The molecule has 0 aromatic rings. The molecule has 0 aliphatic heterocycles. The number of hydrogen-bond acceptors (Lipinski definition) is 7. The molecule has 0 fully saturated rings. The maximum atomic E-state index is 11.9.